The van der Waals surface area contributed by atoms with Crippen molar-refractivity contribution in [3.8, 4) is 0 Å². The number of nitrogens with one attached hydrogen (secondary N) is 2. The van der Waals surface area contributed by atoms with Crippen LogP contribution < -0.4 is 10.6 Å². The Labute approximate surface area is 198 Å². The zero-order valence-electron chi connectivity index (χ0n) is 18.0. The summed E-state index contributed by atoms with van der Waals surface area (Å²) in [6.45, 7) is 9.49. The molecule has 0 spiro atoms. The lowest BCUT2D eigenvalue weighted by molar-refractivity contribution is 0.0383. The number of pyridine rings is 1. The molecule has 1 amide bonds. The third-order valence-electron chi connectivity index (χ3n) is 5.76. The first kappa shape index (κ1) is 23.5. The Morgan fingerprint density at radius 2 is 1.53 bits per heavy atom. The van der Waals surface area contributed by atoms with Crippen molar-refractivity contribution < 1.29 is 14.3 Å². The van der Waals surface area contributed by atoms with Crippen molar-refractivity contribution in [2.45, 2.75) is 0 Å². The zero-order valence-corrected chi connectivity index (χ0v) is 19.6. The molecule has 0 atom stereocenters. The molecule has 8 nitrogen and oxygen atoms in total. The molecule has 2 aliphatic rings. The maximum absolute atomic E-state index is 12.9. The van der Waals surface area contributed by atoms with Crippen LogP contribution in [0.1, 0.15) is 10.5 Å². The van der Waals surface area contributed by atoms with E-state index in [1.165, 1.54) is 0 Å². The standard InChI is InChI=1S/C22H29Cl2N5O3/c23-16-1-2-17(24)21-20(16)18(25-3-5-28-7-11-31-12-8-28)15-19(27-21)22(30)26-4-6-29-9-13-32-14-10-29/h1-2,15H,3-14H2,(H,25,27)(H,26,30). The number of aromatic nitrogens is 1. The van der Waals surface area contributed by atoms with E-state index in [0.29, 0.717) is 34.3 Å². The molecule has 2 N–H and O–H groups in total. The molecule has 3 heterocycles. The van der Waals surface area contributed by atoms with E-state index in [-0.39, 0.29) is 5.91 Å². The van der Waals surface area contributed by atoms with Crippen LogP contribution in [0.5, 0.6) is 0 Å². The van der Waals surface area contributed by atoms with Gasteiger partial charge in [-0.05, 0) is 18.2 Å². The number of carbonyl (C=O) groups is 1. The Hall–Kier alpha value is -1.68. The van der Waals surface area contributed by atoms with Gasteiger partial charge in [-0.15, -0.1) is 0 Å². The number of nitrogens with zero attached hydrogens (tertiary/aromatic N) is 3. The molecule has 0 unspecified atom stereocenters. The smallest absolute Gasteiger partial charge is 0.270 e. The van der Waals surface area contributed by atoms with Gasteiger partial charge in [0, 0.05) is 63.4 Å². The molecule has 2 aromatic rings. The Kier molecular flexibility index (Phi) is 8.40. The summed E-state index contributed by atoms with van der Waals surface area (Å²) in [5, 5.41) is 8.14. The van der Waals surface area contributed by atoms with Crippen molar-refractivity contribution >= 4 is 45.7 Å². The minimum absolute atomic E-state index is 0.229. The van der Waals surface area contributed by atoms with E-state index in [4.69, 9.17) is 32.7 Å². The van der Waals surface area contributed by atoms with Gasteiger partial charge in [0.25, 0.3) is 5.91 Å². The van der Waals surface area contributed by atoms with Crippen LogP contribution in [0.3, 0.4) is 0 Å². The highest BCUT2D eigenvalue weighted by molar-refractivity contribution is 6.41. The van der Waals surface area contributed by atoms with Gasteiger partial charge < -0.3 is 20.1 Å². The van der Waals surface area contributed by atoms with Crippen molar-refractivity contribution in [1.29, 1.82) is 0 Å². The molecular weight excluding hydrogens is 453 g/mol. The van der Waals surface area contributed by atoms with E-state index >= 15 is 0 Å². The quantitative estimate of drug-likeness (QED) is 0.598. The fourth-order valence-corrected chi connectivity index (χ4v) is 4.39. The number of fused-ring (bicyclic) bond motifs is 1. The summed E-state index contributed by atoms with van der Waals surface area (Å²) in [7, 11) is 0. The predicted octanol–water partition coefficient (Wildman–Crippen LogP) is 2.35. The lowest BCUT2D eigenvalue weighted by Gasteiger charge is -2.27. The minimum atomic E-state index is -0.229. The lowest BCUT2D eigenvalue weighted by Crippen LogP contribution is -2.41. The lowest BCUT2D eigenvalue weighted by atomic mass is 10.1. The molecule has 0 aliphatic carbocycles. The summed E-state index contributed by atoms with van der Waals surface area (Å²) in [4.78, 5) is 22.0. The van der Waals surface area contributed by atoms with Crippen molar-refractivity contribution in [2.75, 3.05) is 84.1 Å². The number of hydrogen-bond acceptors (Lipinski definition) is 7. The molecule has 2 fully saturated rings. The fourth-order valence-electron chi connectivity index (χ4n) is 3.94. The van der Waals surface area contributed by atoms with Gasteiger partial charge in [0.2, 0.25) is 0 Å². The number of hydrogen-bond donors (Lipinski definition) is 2. The second-order valence-corrected chi connectivity index (χ2v) is 8.71. The average Bonchev–Trinajstić information content (AvgIpc) is 2.82. The normalized spacial score (nSPS) is 18.1. The molecule has 1 aromatic carbocycles. The number of carbonyl (C=O) groups excluding carboxylic acids is 1. The van der Waals surface area contributed by atoms with E-state index < -0.39 is 0 Å². The highest BCUT2D eigenvalue weighted by Crippen LogP contribution is 2.34. The molecule has 0 bridgehead atoms. The third kappa shape index (κ3) is 6.01. The van der Waals surface area contributed by atoms with Gasteiger partial charge in [0.15, 0.2) is 0 Å². The van der Waals surface area contributed by atoms with Crippen molar-refractivity contribution in [3.63, 3.8) is 0 Å². The van der Waals surface area contributed by atoms with Gasteiger partial charge in [-0.1, -0.05) is 23.2 Å². The Morgan fingerprint density at radius 1 is 0.938 bits per heavy atom. The van der Waals surface area contributed by atoms with E-state index in [1.807, 2.05) is 0 Å². The van der Waals surface area contributed by atoms with Gasteiger partial charge in [-0.25, -0.2) is 4.98 Å². The SMILES string of the molecule is O=C(NCCN1CCOCC1)c1cc(NCCN2CCOCC2)c2c(Cl)ccc(Cl)c2n1. The molecule has 4 rings (SSSR count). The van der Waals surface area contributed by atoms with Gasteiger partial charge in [0.05, 0.1) is 42.0 Å². The maximum atomic E-state index is 12.9. The summed E-state index contributed by atoms with van der Waals surface area (Å²) in [6, 6.07) is 5.22. The first-order chi connectivity index (χ1) is 15.6. The zero-order chi connectivity index (χ0) is 22.3. The fraction of sp³-hybridized carbons (Fsp3) is 0.545. The number of benzene rings is 1. The minimum Gasteiger partial charge on any atom is -0.383 e. The first-order valence-corrected chi connectivity index (χ1v) is 11.8. The van der Waals surface area contributed by atoms with Crippen LogP contribution in [0.4, 0.5) is 5.69 Å². The Balaban J connectivity index is 1.46. The van der Waals surface area contributed by atoms with Crippen molar-refractivity contribution in [2.24, 2.45) is 0 Å². The molecule has 174 valence electrons. The maximum Gasteiger partial charge on any atom is 0.270 e. The summed E-state index contributed by atoms with van der Waals surface area (Å²) in [5.74, 6) is -0.229. The summed E-state index contributed by atoms with van der Waals surface area (Å²) in [6.07, 6.45) is 0. The molecule has 32 heavy (non-hydrogen) atoms. The van der Waals surface area contributed by atoms with Crippen LogP contribution in [-0.2, 0) is 9.47 Å². The van der Waals surface area contributed by atoms with E-state index in [1.54, 1.807) is 18.2 Å². The number of morpholine rings is 2. The van der Waals surface area contributed by atoms with Gasteiger partial charge in [0.1, 0.15) is 5.69 Å². The summed E-state index contributed by atoms with van der Waals surface area (Å²) >= 11 is 12.9. The van der Waals surface area contributed by atoms with Crippen LogP contribution in [0.25, 0.3) is 10.9 Å². The van der Waals surface area contributed by atoms with Crippen LogP contribution in [0.2, 0.25) is 10.0 Å². The van der Waals surface area contributed by atoms with Crippen LogP contribution in [0.15, 0.2) is 18.2 Å². The molecular formula is C22H29Cl2N5O3. The predicted molar refractivity (Wildman–Crippen MR) is 127 cm³/mol. The second-order valence-electron chi connectivity index (χ2n) is 7.90. The molecule has 2 aliphatic heterocycles. The van der Waals surface area contributed by atoms with E-state index in [2.05, 4.69) is 25.4 Å². The summed E-state index contributed by atoms with van der Waals surface area (Å²) in [5.41, 5.74) is 1.60. The number of rotatable bonds is 8. The second kappa shape index (κ2) is 11.4. The number of anilines is 1. The first-order valence-electron chi connectivity index (χ1n) is 11.0. The average molecular weight is 482 g/mol. The third-order valence-corrected chi connectivity index (χ3v) is 6.38. The molecule has 1 aromatic heterocycles. The summed E-state index contributed by atoms with van der Waals surface area (Å²) < 4.78 is 10.8. The van der Waals surface area contributed by atoms with Gasteiger partial charge in [-0.2, -0.15) is 0 Å². The number of ether oxygens (including phenoxy) is 2. The van der Waals surface area contributed by atoms with Crippen molar-refractivity contribution in [3.05, 3.63) is 33.9 Å². The number of amides is 1. The van der Waals surface area contributed by atoms with Gasteiger partial charge in [-0.3, -0.25) is 14.6 Å². The highest BCUT2D eigenvalue weighted by atomic mass is 35.5. The molecule has 2 saturated heterocycles. The largest absolute Gasteiger partial charge is 0.383 e. The number of halogens is 2. The Bertz CT molecular complexity index is 933. The molecule has 0 radical (unpaired) electrons. The molecule has 0 saturated carbocycles. The van der Waals surface area contributed by atoms with Crippen LogP contribution in [-0.4, -0.2) is 99.5 Å². The van der Waals surface area contributed by atoms with Crippen LogP contribution in [0, 0.1) is 0 Å². The van der Waals surface area contributed by atoms with Gasteiger partial charge >= 0.3 is 0 Å². The van der Waals surface area contributed by atoms with Crippen LogP contribution >= 0.6 is 23.2 Å². The van der Waals surface area contributed by atoms with Crippen molar-refractivity contribution in [1.82, 2.24) is 20.1 Å². The topological polar surface area (TPSA) is 79.0 Å². The highest BCUT2D eigenvalue weighted by Gasteiger charge is 2.17. The van der Waals surface area contributed by atoms with E-state index in [0.717, 1.165) is 76.8 Å². The Morgan fingerprint density at radius 3 is 2.19 bits per heavy atom. The monoisotopic (exact) mass is 481 g/mol. The molecule has 10 heteroatoms. The van der Waals surface area contributed by atoms with E-state index in [9.17, 15) is 4.79 Å².